The molecule has 2 atom stereocenters. The fourth-order valence-electron chi connectivity index (χ4n) is 4.17. The van der Waals surface area contributed by atoms with E-state index in [1.807, 2.05) is 0 Å². The van der Waals surface area contributed by atoms with Gasteiger partial charge in [0, 0.05) is 37.0 Å². The summed E-state index contributed by atoms with van der Waals surface area (Å²) in [6.45, 7) is 0.0615. The van der Waals surface area contributed by atoms with Gasteiger partial charge in [0.15, 0.2) is 0 Å². The van der Waals surface area contributed by atoms with E-state index in [2.05, 4.69) is 10.6 Å². The topological polar surface area (TPSA) is 58.2 Å². The molecule has 2 saturated carbocycles. The van der Waals surface area contributed by atoms with Gasteiger partial charge in [0.05, 0.1) is 26.0 Å². The van der Waals surface area contributed by atoms with Gasteiger partial charge >= 0.3 is 0 Å². The van der Waals surface area contributed by atoms with E-state index in [9.17, 15) is 18.4 Å². The lowest BCUT2D eigenvalue weighted by atomic mass is 9.88. The fraction of sp³-hybridized carbons (Fsp3) is 0.364. The Balaban J connectivity index is 1.49. The molecule has 4 nitrogen and oxygen atoms in total. The molecule has 2 N–H and O–H groups in total. The van der Waals surface area contributed by atoms with Crippen LogP contribution in [-0.2, 0) is 4.79 Å². The first-order valence-electron chi connectivity index (χ1n) is 9.91. The van der Waals surface area contributed by atoms with Crippen molar-refractivity contribution in [3.8, 4) is 0 Å². The van der Waals surface area contributed by atoms with Crippen molar-refractivity contribution in [3.63, 3.8) is 0 Å². The average Bonchev–Trinajstić information content (AvgIpc) is 3.22. The molecule has 0 spiro atoms. The minimum Gasteiger partial charge on any atom is -0.384 e. The van der Waals surface area contributed by atoms with Crippen LogP contribution in [0.4, 0.5) is 14.5 Å². The summed E-state index contributed by atoms with van der Waals surface area (Å²) in [5, 5.41) is 6.47. The molecule has 2 aromatic carbocycles. The molecule has 0 aliphatic heterocycles. The van der Waals surface area contributed by atoms with Crippen molar-refractivity contribution in [2.24, 2.45) is 5.41 Å². The first kappa shape index (κ1) is 24.8. The Labute approximate surface area is 213 Å². The molecular formula is C22H17Cl5F2N2O2. The van der Waals surface area contributed by atoms with Crippen molar-refractivity contribution in [2.45, 2.75) is 35.1 Å². The zero-order valence-corrected chi connectivity index (χ0v) is 20.6. The van der Waals surface area contributed by atoms with Crippen molar-refractivity contribution < 1.29 is 18.4 Å². The lowest BCUT2D eigenvalue weighted by Gasteiger charge is -2.35. The highest BCUT2D eigenvalue weighted by molar-refractivity contribution is 6.54. The molecule has 2 aliphatic rings. The maximum atomic E-state index is 13.0. The van der Waals surface area contributed by atoms with E-state index in [1.54, 1.807) is 24.3 Å². The molecule has 2 aromatic rings. The van der Waals surface area contributed by atoms with Crippen LogP contribution in [0.25, 0.3) is 0 Å². The van der Waals surface area contributed by atoms with Crippen LogP contribution in [0.3, 0.4) is 0 Å². The number of nitrogens with one attached hydrogen (secondary N) is 2. The van der Waals surface area contributed by atoms with Gasteiger partial charge < -0.3 is 15.4 Å². The first-order valence-corrected chi connectivity index (χ1v) is 11.8. The normalized spacial score (nSPS) is 25.1. The molecule has 2 fully saturated rings. The van der Waals surface area contributed by atoms with Gasteiger partial charge in [-0.1, -0.05) is 64.1 Å². The number of hydrogen-bond donors (Lipinski definition) is 2. The Morgan fingerprint density at radius 3 is 2.30 bits per heavy atom. The summed E-state index contributed by atoms with van der Waals surface area (Å²) in [6, 6.07) is 8.92. The number of halogens is 7. The maximum absolute atomic E-state index is 13.0. The maximum Gasteiger partial charge on any atom is 0.253 e. The number of carbonyl (C=O) groups is 2. The van der Waals surface area contributed by atoms with Gasteiger partial charge in [0.2, 0.25) is 0 Å². The van der Waals surface area contributed by atoms with Gasteiger partial charge in [-0.05, 0) is 35.9 Å². The Hall–Kier alpha value is -1.31. The van der Waals surface area contributed by atoms with Crippen molar-refractivity contribution in [1.82, 2.24) is 5.32 Å². The third-order valence-corrected chi connectivity index (χ3v) is 8.33. The molecular weight excluding hydrogens is 540 g/mol. The van der Waals surface area contributed by atoms with Gasteiger partial charge in [-0.3, -0.25) is 4.79 Å². The highest BCUT2D eigenvalue weighted by atomic mass is 35.5. The van der Waals surface area contributed by atoms with E-state index in [0.717, 1.165) is 0 Å². The minimum absolute atomic E-state index is 0.0615. The SMILES string of the molecule is O=CC1(CNc2ccc(Cl)c(C(=O)NC3CC(F)(F)C3)c2)C(c2ccc(Cl)c(Cl)c2)C1(Cl)Cl. The molecule has 33 heavy (non-hydrogen) atoms. The van der Waals surface area contributed by atoms with E-state index in [1.165, 1.54) is 12.1 Å². The number of hydrogen-bond acceptors (Lipinski definition) is 3. The predicted octanol–water partition coefficient (Wildman–Crippen LogP) is 6.74. The van der Waals surface area contributed by atoms with Crippen LogP contribution in [0.5, 0.6) is 0 Å². The van der Waals surface area contributed by atoms with Crippen LogP contribution in [0.1, 0.15) is 34.7 Å². The van der Waals surface area contributed by atoms with E-state index in [-0.39, 0.29) is 17.1 Å². The van der Waals surface area contributed by atoms with Gasteiger partial charge in [-0.15, -0.1) is 0 Å². The quantitative estimate of drug-likeness (QED) is 0.293. The summed E-state index contributed by atoms with van der Waals surface area (Å²) in [7, 11) is 0. The summed E-state index contributed by atoms with van der Waals surface area (Å²) in [6.07, 6.45) is -0.104. The second-order valence-corrected chi connectivity index (χ2v) is 11.0. The molecule has 0 saturated heterocycles. The molecule has 4 rings (SSSR count). The lowest BCUT2D eigenvalue weighted by molar-refractivity contribution is -0.112. The van der Waals surface area contributed by atoms with Gasteiger partial charge in [-0.25, -0.2) is 8.78 Å². The molecule has 11 heteroatoms. The lowest BCUT2D eigenvalue weighted by Crippen LogP contribution is -2.50. The Bertz CT molecular complexity index is 1120. The third-order valence-electron chi connectivity index (χ3n) is 6.12. The number of carbonyl (C=O) groups excluding carboxylic acids is 2. The summed E-state index contributed by atoms with van der Waals surface area (Å²) >= 11 is 31.2. The summed E-state index contributed by atoms with van der Waals surface area (Å²) in [5.41, 5.74) is 0.106. The van der Waals surface area contributed by atoms with Crippen LogP contribution >= 0.6 is 58.0 Å². The van der Waals surface area contributed by atoms with Gasteiger partial charge in [0.1, 0.15) is 10.6 Å². The standard InChI is InChI=1S/C22H17Cl5F2N2O2/c23-15-4-2-12(6-14(15)19(33)31-13-7-21(28,29)8-13)30-9-20(10-32)18(22(20,26)27)11-1-3-16(24)17(25)5-11/h1-6,10,13,18,30H,7-9H2,(H,31,33). The van der Waals surface area contributed by atoms with E-state index >= 15 is 0 Å². The molecule has 0 radical (unpaired) electrons. The monoisotopic (exact) mass is 554 g/mol. The number of aldehydes is 1. The van der Waals surface area contributed by atoms with E-state index in [0.29, 0.717) is 27.6 Å². The van der Waals surface area contributed by atoms with Crippen molar-refractivity contribution in [1.29, 1.82) is 0 Å². The summed E-state index contributed by atoms with van der Waals surface area (Å²) < 4.78 is 24.7. The smallest absolute Gasteiger partial charge is 0.253 e. The predicted molar refractivity (Wildman–Crippen MR) is 128 cm³/mol. The molecule has 176 valence electrons. The number of amides is 1. The number of rotatable bonds is 7. The van der Waals surface area contributed by atoms with Gasteiger partial charge in [0.25, 0.3) is 11.8 Å². The van der Waals surface area contributed by atoms with Gasteiger partial charge in [-0.2, -0.15) is 0 Å². The molecule has 1 amide bonds. The van der Waals surface area contributed by atoms with Crippen LogP contribution in [0.2, 0.25) is 15.1 Å². The number of benzene rings is 2. The Kier molecular flexibility index (Phi) is 6.56. The fourth-order valence-corrected chi connectivity index (χ4v) is 5.65. The second-order valence-electron chi connectivity index (χ2n) is 8.37. The zero-order chi connectivity index (χ0) is 24.2. The van der Waals surface area contributed by atoms with Crippen molar-refractivity contribution in [3.05, 3.63) is 62.6 Å². The summed E-state index contributed by atoms with van der Waals surface area (Å²) in [5.74, 6) is -3.85. The van der Waals surface area contributed by atoms with Crippen molar-refractivity contribution >= 4 is 75.9 Å². The summed E-state index contributed by atoms with van der Waals surface area (Å²) in [4.78, 5) is 24.6. The van der Waals surface area contributed by atoms with Crippen LogP contribution in [-0.4, -0.2) is 35.0 Å². The zero-order valence-electron chi connectivity index (χ0n) is 16.8. The molecule has 2 unspecified atom stereocenters. The highest BCUT2D eigenvalue weighted by Crippen LogP contribution is 2.73. The second kappa shape index (κ2) is 8.72. The molecule has 0 heterocycles. The third kappa shape index (κ3) is 4.53. The molecule has 0 bridgehead atoms. The van der Waals surface area contributed by atoms with Crippen LogP contribution in [0, 0.1) is 5.41 Å². The highest BCUT2D eigenvalue weighted by Gasteiger charge is 2.76. The number of alkyl halides is 4. The largest absolute Gasteiger partial charge is 0.384 e. The van der Waals surface area contributed by atoms with Crippen LogP contribution in [0.15, 0.2) is 36.4 Å². The molecule has 2 aliphatic carbocycles. The molecule has 0 aromatic heterocycles. The minimum atomic E-state index is -2.75. The average molecular weight is 557 g/mol. The Morgan fingerprint density at radius 1 is 1.03 bits per heavy atom. The Morgan fingerprint density at radius 2 is 1.70 bits per heavy atom. The van der Waals surface area contributed by atoms with E-state index in [4.69, 9.17) is 58.0 Å². The first-order chi connectivity index (χ1) is 15.4. The van der Waals surface area contributed by atoms with Crippen molar-refractivity contribution in [2.75, 3.05) is 11.9 Å². The van der Waals surface area contributed by atoms with Crippen LogP contribution < -0.4 is 10.6 Å². The number of anilines is 1. The van der Waals surface area contributed by atoms with E-state index < -0.39 is 46.4 Å².